The molecule has 3 aromatic heterocycles. The topological polar surface area (TPSA) is 51.8 Å². The van der Waals surface area contributed by atoms with Crippen LogP contribution in [0.15, 0.2) is 156 Å². The normalized spacial score (nSPS) is 11.8. The molecule has 0 spiro atoms. The minimum absolute atomic E-state index is 0.576. The molecule has 0 fully saturated rings. The molecule has 0 N–H and O–H groups in total. The van der Waals surface area contributed by atoms with Gasteiger partial charge in [-0.25, -0.2) is 15.0 Å². The van der Waals surface area contributed by atoms with Crippen molar-refractivity contribution in [2.75, 3.05) is 0 Å². The summed E-state index contributed by atoms with van der Waals surface area (Å²) in [6.45, 7) is 0. The van der Waals surface area contributed by atoms with E-state index in [2.05, 4.69) is 115 Å². The molecule has 5 heteroatoms. The van der Waals surface area contributed by atoms with Crippen molar-refractivity contribution in [3.05, 3.63) is 152 Å². The zero-order valence-electron chi connectivity index (χ0n) is 25.6. The highest BCUT2D eigenvalue weighted by molar-refractivity contribution is 7.26. The Bertz CT molecular complexity index is 2830. The fourth-order valence-corrected chi connectivity index (χ4v) is 8.08. The Hall–Kier alpha value is -6.17. The molecule has 10 rings (SSSR count). The summed E-state index contributed by atoms with van der Waals surface area (Å²) < 4.78 is 9.00. The van der Waals surface area contributed by atoms with Crippen LogP contribution < -0.4 is 0 Å². The standard InChI is InChI=1S/C43H25N3OS/c1-2-10-26(11-3-1)27-20-22-28(23-21-27)41-44-42(46-43(45-41)36-17-8-14-32-30-12-4-6-18-37(30)47-39(32)36)35-16-9-15-33-29(35)24-25-34-31-13-5-7-19-38(31)48-40(33)34/h1-25H. The predicted molar refractivity (Wildman–Crippen MR) is 199 cm³/mol. The maximum Gasteiger partial charge on any atom is 0.167 e. The Kier molecular flexibility index (Phi) is 6.01. The number of nitrogens with zero attached hydrogens (tertiary/aromatic N) is 3. The number of hydrogen-bond acceptors (Lipinski definition) is 5. The van der Waals surface area contributed by atoms with Crippen LogP contribution in [0.1, 0.15) is 0 Å². The van der Waals surface area contributed by atoms with E-state index in [4.69, 9.17) is 19.4 Å². The Balaban J connectivity index is 1.21. The number of benzene rings is 7. The van der Waals surface area contributed by atoms with E-state index in [-0.39, 0.29) is 0 Å². The number of furan rings is 1. The van der Waals surface area contributed by atoms with E-state index in [1.54, 1.807) is 0 Å². The summed E-state index contributed by atoms with van der Waals surface area (Å²) in [6.07, 6.45) is 0. The molecule has 0 aliphatic rings. The van der Waals surface area contributed by atoms with E-state index in [1.165, 1.54) is 31.1 Å². The average Bonchev–Trinajstić information content (AvgIpc) is 3.74. The highest BCUT2D eigenvalue weighted by atomic mass is 32.1. The summed E-state index contributed by atoms with van der Waals surface area (Å²) in [5.74, 6) is 1.82. The van der Waals surface area contributed by atoms with E-state index >= 15 is 0 Å². The van der Waals surface area contributed by atoms with Gasteiger partial charge in [-0.3, -0.25) is 0 Å². The highest BCUT2D eigenvalue weighted by Gasteiger charge is 2.19. The van der Waals surface area contributed by atoms with E-state index in [1.807, 2.05) is 47.7 Å². The number of thiophene rings is 1. The van der Waals surface area contributed by atoms with Gasteiger partial charge in [-0.2, -0.15) is 0 Å². The number of hydrogen-bond donors (Lipinski definition) is 0. The van der Waals surface area contributed by atoms with Crippen molar-refractivity contribution in [3.8, 4) is 45.3 Å². The van der Waals surface area contributed by atoms with Crippen LogP contribution in [-0.2, 0) is 0 Å². The smallest absolute Gasteiger partial charge is 0.167 e. The Morgan fingerprint density at radius 3 is 1.81 bits per heavy atom. The van der Waals surface area contributed by atoms with Crippen LogP contribution in [0.25, 0.3) is 98.2 Å². The van der Waals surface area contributed by atoms with Gasteiger partial charge in [0.1, 0.15) is 11.2 Å². The van der Waals surface area contributed by atoms with Crippen LogP contribution in [0.2, 0.25) is 0 Å². The van der Waals surface area contributed by atoms with Gasteiger partial charge in [0, 0.05) is 47.5 Å². The third kappa shape index (κ3) is 4.25. The van der Waals surface area contributed by atoms with Gasteiger partial charge in [0.2, 0.25) is 0 Å². The van der Waals surface area contributed by atoms with Crippen LogP contribution in [0, 0.1) is 0 Å². The van der Waals surface area contributed by atoms with Gasteiger partial charge in [-0.15, -0.1) is 11.3 Å². The van der Waals surface area contributed by atoms with Gasteiger partial charge in [-0.1, -0.05) is 133 Å². The molecule has 0 amide bonds. The van der Waals surface area contributed by atoms with Crippen molar-refractivity contribution in [2.24, 2.45) is 0 Å². The van der Waals surface area contributed by atoms with Crippen molar-refractivity contribution < 1.29 is 4.42 Å². The number of rotatable bonds is 4. The van der Waals surface area contributed by atoms with Gasteiger partial charge in [0.15, 0.2) is 17.5 Å². The Labute approximate surface area is 279 Å². The van der Waals surface area contributed by atoms with Crippen LogP contribution >= 0.6 is 11.3 Å². The maximum atomic E-state index is 6.44. The molecule has 0 bridgehead atoms. The molecule has 0 unspecified atom stereocenters. The second kappa shape index (κ2) is 10.7. The summed E-state index contributed by atoms with van der Waals surface area (Å²) in [4.78, 5) is 15.4. The van der Waals surface area contributed by atoms with Crippen molar-refractivity contribution in [2.45, 2.75) is 0 Å². The number of para-hydroxylation sites is 2. The lowest BCUT2D eigenvalue weighted by Gasteiger charge is -2.11. The number of fused-ring (bicyclic) bond motifs is 8. The zero-order valence-corrected chi connectivity index (χ0v) is 26.4. The second-order valence-electron chi connectivity index (χ2n) is 12.0. The molecule has 0 saturated carbocycles. The van der Waals surface area contributed by atoms with Crippen LogP contribution in [0.3, 0.4) is 0 Å². The first-order chi connectivity index (χ1) is 23.8. The van der Waals surface area contributed by atoms with E-state index in [0.29, 0.717) is 17.5 Å². The van der Waals surface area contributed by atoms with E-state index < -0.39 is 0 Å². The lowest BCUT2D eigenvalue weighted by Crippen LogP contribution is -2.00. The number of aromatic nitrogens is 3. The minimum Gasteiger partial charge on any atom is -0.455 e. The van der Waals surface area contributed by atoms with Gasteiger partial charge in [0.05, 0.1) is 5.56 Å². The fourth-order valence-electron chi connectivity index (χ4n) is 6.85. The van der Waals surface area contributed by atoms with Crippen molar-refractivity contribution in [3.63, 3.8) is 0 Å². The van der Waals surface area contributed by atoms with Crippen molar-refractivity contribution in [1.29, 1.82) is 0 Å². The second-order valence-corrected chi connectivity index (χ2v) is 13.0. The largest absolute Gasteiger partial charge is 0.455 e. The molecular weight excluding hydrogens is 607 g/mol. The van der Waals surface area contributed by atoms with E-state index in [0.717, 1.165) is 49.6 Å². The van der Waals surface area contributed by atoms with Crippen LogP contribution in [0.5, 0.6) is 0 Å². The monoisotopic (exact) mass is 631 g/mol. The molecule has 7 aromatic carbocycles. The predicted octanol–water partition coefficient (Wildman–Crippen LogP) is 12.0. The first kappa shape index (κ1) is 27.0. The van der Waals surface area contributed by atoms with Crippen molar-refractivity contribution in [1.82, 2.24) is 15.0 Å². The van der Waals surface area contributed by atoms with Gasteiger partial charge >= 0.3 is 0 Å². The van der Waals surface area contributed by atoms with E-state index in [9.17, 15) is 0 Å². The zero-order chi connectivity index (χ0) is 31.6. The first-order valence-electron chi connectivity index (χ1n) is 15.9. The maximum absolute atomic E-state index is 6.44. The fraction of sp³-hybridized carbons (Fsp3) is 0. The molecule has 0 saturated heterocycles. The summed E-state index contributed by atoms with van der Waals surface area (Å²) in [7, 11) is 0. The molecule has 0 atom stereocenters. The molecule has 0 aliphatic heterocycles. The lowest BCUT2D eigenvalue weighted by atomic mass is 10.0. The third-order valence-electron chi connectivity index (χ3n) is 9.17. The Morgan fingerprint density at radius 2 is 0.958 bits per heavy atom. The van der Waals surface area contributed by atoms with Gasteiger partial charge in [0.25, 0.3) is 0 Å². The quantitative estimate of drug-likeness (QED) is 0.194. The summed E-state index contributed by atoms with van der Waals surface area (Å²) >= 11 is 1.83. The third-order valence-corrected chi connectivity index (χ3v) is 10.4. The van der Waals surface area contributed by atoms with Crippen LogP contribution in [0.4, 0.5) is 0 Å². The molecular formula is C43H25N3OS. The summed E-state index contributed by atoms with van der Waals surface area (Å²) in [6, 6.07) is 52.6. The Morgan fingerprint density at radius 1 is 0.375 bits per heavy atom. The summed E-state index contributed by atoms with van der Waals surface area (Å²) in [5, 5.41) is 6.97. The van der Waals surface area contributed by atoms with Gasteiger partial charge in [-0.05, 0) is 34.7 Å². The molecule has 48 heavy (non-hydrogen) atoms. The molecule has 4 nitrogen and oxygen atoms in total. The molecule has 10 aromatic rings. The van der Waals surface area contributed by atoms with Crippen molar-refractivity contribution >= 4 is 64.2 Å². The minimum atomic E-state index is 0.576. The molecule has 224 valence electrons. The molecule has 3 heterocycles. The SMILES string of the molecule is c1ccc(-c2ccc(-c3nc(-c4cccc5c4ccc4c6ccccc6sc54)nc(-c4cccc5c4oc4ccccc45)n3)cc2)cc1. The summed E-state index contributed by atoms with van der Waals surface area (Å²) in [5.41, 5.74) is 6.64. The van der Waals surface area contributed by atoms with Crippen LogP contribution in [-0.4, -0.2) is 15.0 Å². The molecule has 0 radical (unpaired) electrons. The molecule has 0 aliphatic carbocycles. The first-order valence-corrected chi connectivity index (χ1v) is 16.8. The highest BCUT2D eigenvalue weighted by Crippen LogP contribution is 2.41. The lowest BCUT2D eigenvalue weighted by molar-refractivity contribution is 0.669. The van der Waals surface area contributed by atoms with Gasteiger partial charge < -0.3 is 4.42 Å². The average molecular weight is 632 g/mol.